The fourth-order valence-corrected chi connectivity index (χ4v) is 2.43. The highest BCUT2D eigenvalue weighted by Crippen LogP contribution is 2.21. The van der Waals surface area contributed by atoms with Crippen LogP contribution in [0.4, 0.5) is 0 Å². The Balaban J connectivity index is 1.81. The molecule has 2 aromatic rings. The Morgan fingerprint density at radius 2 is 1.78 bits per heavy atom. The number of benzene rings is 2. The zero-order valence-electron chi connectivity index (χ0n) is 11.8. The molecule has 0 saturated carbocycles. The van der Waals surface area contributed by atoms with Crippen LogP contribution in [0.25, 0.3) is 0 Å². The SMILES string of the molecule is O=C(CNC(=O)c1ccc(Br)cc1)OCc1ccc(Cl)cc1Cl. The van der Waals surface area contributed by atoms with Crippen LogP contribution >= 0.6 is 39.1 Å². The van der Waals surface area contributed by atoms with E-state index < -0.39 is 5.97 Å². The molecule has 0 unspecified atom stereocenters. The summed E-state index contributed by atoms with van der Waals surface area (Å²) in [7, 11) is 0. The summed E-state index contributed by atoms with van der Waals surface area (Å²) < 4.78 is 5.93. The van der Waals surface area contributed by atoms with Crippen LogP contribution in [0.3, 0.4) is 0 Å². The van der Waals surface area contributed by atoms with E-state index in [2.05, 4.69) is 21.2 Å². The number of carbonyl (C=O) groups is 2. The fourth-order valence-electron chi connectivity index (χ4n) is 1.70. The van der Waals surface area contributed by atoms with Crippen LogP contribution in [0.1, 0.15) is 15.9 Å². The average Bonchev–Trinajstić information content (AvgIpc) is 2.52. The predicted octanol–water partition coefficient (Wildman–Crippen LogP) is 4.23. The van der Waals surface area contributed by atoms with Crippen molar-refractivity contribution in [3.05, 3.63) is 68.1 Å². The fraction of sp³-hybridized carbons (Fsp3) is 0.125. The van der Waals surface area contributed by atoms with Crippen molar-refractivity contribution in [3.8, 4) is 0 Å². The molecule has 7 heteroatoms. The van der Waals surface area contributed by atoms with Crippen LogP contribution in [0.2, 0.25) is 10.0 Å². The lowest BCUT2D eigenvalue weighted by molar-refractivity contribution is -0.143. The summed E-state index contributed by atoms with van der Waals surface area (Å²) in [4.78, 5) is 23.5. The van der Waals surface area contributed by atoms with Gasteiger partial charge in [0, 0.05) is 25.6 Å². The lowest BCUT2D eigenvalue weighted by Gasteiger charge is -2.08. The van der Waals surface area contributed by atoms with E-state index in [0.29, 0.717) is 21.2 Å². The molecule has 0 fully saturated rings. The monoisotopic (exact) mass is 415 g/mol. The summed E-state index contributed by atoms with van der Waals surface area (Å²) in [5, 5.41) is 3.42. The van der Waals surface area contributed by atoms with Gasteiger partial charge in [0.1, 0.15) is 13.2 Å². The summed E-state index contributed by atoms with van der Waals surface area (Å²) >= 11 is 15.1. The van der Waals surface area contributed by atoms with Gasteiger partial charge in [-0.05, 0) is 36.4 Å². The number of halogens is 3. The van der Waals surface area contributed by atoms with Crippen molar-refractivity contribution in [1.29, 1.82) is 0 Å². The summed E-state index contributed by atoms with van der Waals surface area (Å²) in [5.74, 6) is -0.902. The number of nitrogens with one attached hydrogen (secondary N) is 1. The molecule has 1 N–H and O–H groups in total. The molecular weight excluding hydrogens is 405 g/mol. The van der Waals surface area contributed by atoms with Crippen molar-refractivity contribution in [1.82, 2.24) is 5.32 Å². The number of hydrogen-bond donors (Lipinski definition) is 1. The molecule has 0 aliphatic heterocycles. The van der Waals surface area contributed by atoms with Crippen LogP contribution < -0.4 is 5.32 Å². The summed E-state index contributed by atoms with van der Waals surface area (Å²) in [6.45, 7) is -0.205. The normalized spacial score (nSPS) is 10.2. The first-order valence-corrected chi connectivity index (χ1v) is 8.14. The minimum atomic E-state index is -0.554. The molecular formula is C16H12BrCl2NO3. The van der Waals surface area contributed by atoms with Gasteiger partial charge in [0.05, 0.1) is 0 Å². The van der Waals surface area contributed by atoms with E-state index in [9.17, 15) is 9.59 Å². The van der Waals surface area contributed by atoms with Crippen LogP contribution in [0, 0.1) is 0 Å². The van der Waals surface area contributed by atoms with Crippen molar-refractivity contribution in [2.45, 2.75) is 6.61 Å². The second-order valence-electron chi connectivity index (χ2n) is 4.59. The molecule has 2 aromatic carbocycles. The van der Waals surface area contributed by atoms with E-state index in [1.807, 2.05) is 0 Å². The van der Waals surface area contributed by atoms with E-state index in [0.717, 1.165) is 4.47 Å². The Morgan fingerprint density at radius 3 is 2.43 bits per heavy atom. The third kappa shape index (κ3) is 5.53. The standard InChI is InChI=1S/C16H12BrCl2NO3/c17-12-4-1-10(2-5-12)16(22)20-8-15(21)23-9-11-3-6-13(18)7-14(11)19/h1-7H,8-9H2,(H,20,22). The van der Waals surface area contributed by atoms with Gasteiger partial charge in [0.2, 0.25) is 0 Å². The quantitative estimate of drug-likeness (QED) is 0.742. The summed E-state index contributed by atoms with van der Waals surface area (Å²) in [6, 6.07) is 11.7. The van der Waals surface area contributed by atoms with Gasteiger partial charge in [-0.2, -0.15) is 0 Å². The first-order chi connectivity index (χ1) is 11.0. The molecule has 1 amide bonds. The van der Waals surface area contributed by atoms with Gasteiger partial charge in [-0.1, -0.05) is 45.2 Å². The molecule has 2 rings (SSSR count). The maximum absolute atomic E-state index is 11.9. The highest BCUT2D eigenvalue weighted by Gasteiger charge is 2.10. The van der Waals surface area contributed by atoms with E-state index in [4.69, 9.17) is 27.9 Å². The van der Waals surface area contributed by atoms with Gasteiger partial charge in [-0.3, -0.25) is 9.59 Å². The first kappa shape index (κ1) is 17.8. The lowest BCUT2D eigenvalue weighted by Crippen LogP contribution is -2.30. The second kappa shape index (κ2) is 8.34. The number of rotatable bonds is 5. The Kier molecular flexibility index (Phi) is 6.45. The largest absolute Gasteiger partial charge is 0.459 e. The molecule has 0 spiro atoms. The molecule has 23 heavy (non-hydrogen) atoms. The van der Waals surface area contributed by atoms with Gasteiger partial charge in [-0.15, -0.1) is 0 Å². The van der Waals surface area contributed by atoms with Gasteiger partial charge in [0.25, 0.3) is 5.91 Å². The first-order valence-electron chi connectivity index (χ1n) is 6.59. The molecule has 0 saturated heterocycles. The molecule has 0 radical (unpaired) electrons. The van der Waals surface area contributed by atoms with Crippen LogP contribution in [0.5, 0.6) is 0 Å². The Morgan fingerprint density at radius 1 is 1.09 bits per heavy atom. The highest BCUT2D eigenvalue weighted by atomic mass is 79.9. The van der Waals surface area contributed by atoms with E-state index in [1.165, 1.54) is 0 Å². The molecule has 0 atom stereocenters. The van der Waals surface area contributed by atoms with Crippen molar-refractivity contribution in [2.75, 3.05) is 6.54 Å². The number of ether oxygens (including phenoxy) is 1. The van der Waals surface area contributed by atoms with Crippen LogP contribution in [-0.4, -0.2) is 18.4 Å². The lowest BCUT2D eigenvalue weighted by atomic mass is 10.2. The Labute approximate surface area is 151 Å². The van der Waals surface area contributed by atoms with Gasteiger partial charge in [-0.25, -0.2) is 0 Å². The molecule has 0 aliphatic rings. The minimum absolute atomic E-state index is 0.0169. The highest BCUT2D eigenvalue weighted by molar-refractivity contribution is 9.10. The number of hydrogen-bond acceptors (Lipinski definition) is 3. The predicted molar refractivity (Wildman–Crippen MR) is 92.7 cm³/mol. The Hall–Kier alpha value is -1.56. The number of carbonyl (C=O) groups excluding carboxylic acids is 2. The third-order valence-electron chi connectivity index (χ3n) is 2.90. The van der Waals surface area contributed by atoms with Crippen LogP contribution in [-0.2, 0) is 16.1 Å². The molecule has 0 heterocycles. The molecule has 0 aromatic heterocycles. The van der Waals surface area contributed by atoms with Crippen LogP contribution in [0.15, 0.2) is 46.9 Å². The summed E-state index contributed by atoms with van der Waals surface area (Å²) in [6.07, 6.45) is 0. The van der Waals surface area contributed by atoms with E-state index >= 15 is 0 Å². The smallest absolute Gasteiger partial charge is 0.325 e. The van der Waals surface area contributed by atoms with Gasteiger partial charge < -0.3 is 10.1 Å². The van der Waals surface area contributed by atoms with Crippen molar-refractivity contribution < 1.29 is 14.3 Å². The van der Waals surface area contributed by atoms with E-state index in [-0.39, 0.29) is 19.1 Å². The van der Waals surface area contributed by atoms with Gasteiger partial charge in [0.15, 0.2) is 0 Å². The Bertz CT molecular complexity index is 720. The van der Waals surface area contributed by atoms with Crippen molar-refractivity contribution in [2.24, 2.45) is 0 Å². The summed E-state index contributed by atoms with van der Waals surface area (Å²) in [5.41, 5.74) is 1.10. The number of esters is 1. The zero-order chi connectivity index (χ0) is 16.8. The van der Waals surface area contributed by atoms with Crippen molar-refractivity contribution >= 4 is 51.0 Å². The maximum Gasteiger partial charge on any atom is 0.325 e. The zero-order valence-corrected chi connectivity index (χ0v) is 14.9. The average molecular weight is 417 g/mol. The minimum Gasteiger partial charge on any atom is -0.459 e. The second-order valence-corrected chi connectivity index (χ2v) is 6.35. The molecule has 4 nitrogen and oxygen atoms in total. The molecule has 120 valence electrons. The molecule has 0 aliphatic carbocycles. The van der Waals surface area contributed by atoms with Crippen molar-refractivity contribution in [3.63, 3.8) is 0 Å². The third-order valence-corrected chi connectivity index (χ3v) is 4.02. The van der Waals surface area contributed by atoms with Gasteiger partial charge >= 0.3 is 5.97 Å². The van der Waals surface area contributed by atoms with E-state index in [1.54, 1.807) is 42.5 Å². The molecule has 0 bridgehead atoms. The maximum atomic E-state index is 11.9. The topological polar surface area (TPSA) is 55.4 Å². The number of amides is 1.